The van der Waals surface area contributed by atoms with E-state index in [1.54, 1.807) is 0 Å². The maximum atomic E-state index is 13.3. The molecular formula is C37H40ClN3O. The van der Waals surface area contributed by atoms with Crippen molar-refractivity contribution in [1.29, 1.82) is 0 Å². The zero-order valence-corrected chi connectivity index (χ0v) is 25.5. The Morgan fingerprint density at radius 1 is 0.762 bits per heavy atom. The maximum absolute atomic E-state index is 13.3. The second kappa shape index (κ2) is 12.7. The Balaban J connectivity index is 1.02. The van der Waals surface area contributed by atoms with Crippen LogP contribution in [0.3, 0.4) is 0 Å². The lowest BCUT2D eigenvalue weighted by atomic mass is 10.0. The summed E-state index contributed by atoms with van der Waals surface area (Å²) in [6.07, 6.45) is 2.86. The summed E-state index contributed by atoms with van der Waals surface area (Å²) in [4.78, 5) is 17.8. The van der Waals surface area contributed by atoms with Gasteiger partial charge in [-0.1, -0.05) is 60.7 Å². The van der Waals surface area contributed by atoms with E-state index in [1.807, 2.05) is 17.0 Å². The van der Waals surface area contributed by atoms with Crippen molar-refractivity contribution in [3.8, 4) is 0 Å². The van der Waals surface area contributed by atoms with Crippen molar-refractivity contribution in [2.75, 3.05) is 38.6 Å². The lowest BCUT2D eigenvalue weighted by molar-refractivity contribution is 0.0638. The third kappa shape index (κ3) is 6.11. The highest BCUT2D eigenvalue weighted by Gasteiger charge is 2.22. The van der Waals surface area contributed by atoms with Gasteiger partial charge in [-0.05, 0) is 90.4 Å². The lowest BCUT2D eigenvalue weighted by Crippen LogP contribution is -2.49. The van der Waals surface area contributed by atoms with Crippen molar-refractivity contribution in [1.82, 2.24) is 14.4 Å². The standard InChI is InChI=1S/C37H40ClN3O/c1-27-28(2)41(18-5-17-38)36-15-11-31(26-35(27)36)24-29-9-13-33(14-10-29)37(42)40-22-20-39(21-23-40)19-16-30-8-12-32-6-3-4-7-34(32)25-30/h3-4,6-15,25-26H,5,16-24H2,1-2H3. The number of hydrogen-bond donors (Lipinski definition) is 0. The van der Waals surface area contributed by atoms with Crippen molar-refractivity contribution in [3.05, 3.63) is 118 Å². The highest BCUT2D eigenvalue weighted by Crippen LogP contribution is 2.28. The van der Waals surface area contributed by atoms with Crippen molar-refractivity contribution >= 4 is 39.2 Å². The SMILES string of the molecule is Cc1c(C)n(CCCCl)c2ccc(Cc3ccc(C(=O)N4CCN(CCc5ccc6ccccc6c5)CC4)cc3)cc12. The number of amides is 1. The number of alkyl halides is 1. The molecule has 0 atom stereocenters. The van der Waals surface area contributed by atoms with Gasteiger partial charge in [-0.2, -0.15) is 0 Å². The number of carbonyl (C=O) groups excluding carboxylic acids is 1. The van der Waals surface area contributed by atoms with Crippen LogP contribution < -0.4 is 0 Å². The van der Waals surface area contributed by atoms with Crippen molar-refractivity contribution in [2.24, 2.45) is 0 Å². The molecule has 6 rings (SSSR count). The number of piperazine rings is 1. The fourth-order valence-corrected chi connectivity index (χ4v) is 6.47. The Hall–Kier alpha value is -3.60. The van der Waals surface area contributed by atoms with E-state index in [4.69, 9.17) is 11.6 Å². The molecule has 5 heteroatoms. The molecule has 216 valence electrons. The van der Waals surface area contributed by atoms with Crippen LogP contribution in [0.15, 0.2) is 84.9 Å². The zero-order chi connectivity index (χ0) is 29.1. The van der Waals surface area contributed by atoms with Gasteiger partial charge in [-0.3, -0.25) is 9.69 Å². The van der Waals surface area contributed by atoms with E-state index in [2.05, 4.69) is 96.1 Å². The molecule has 1 saturated heterocycles. The summed E-state index contributed by atoms with van der Waals surface area (Å²) in [7, 11) is 0. The van der Waals surface area contributed by atoms with E-state index in [0.29, 0.717) is 5.88 Å². The van der Waals surface area contributed by atoms with Crippen LogP contribution >= 0.6 is 11.6 Å². The Kier molecular flexibility index (Phi) is 8.64. The minimum atomic E-state index is 0.140. The van der Waals surface area contributed by atoms with Gasteiger partial charge < -0.3 is 9.47 Å². The number of aryl methyl sites for hydroxylation is 2. The average Bonchev–Trinajstić information content (AvgIpc) is 3.27. The van der Waals surface area contributed by atoms with Crippen LogP contribution in [-0.2, 0) is 19.4 Å². The summed E-state index contributed by atoms with van der Waals surface area (Å²) >= 11 is 5.96. The van der Waals surface area contributed by atoms with Gasteiger partial charge in [-0.15, -0.1) is 11.6 Å². The first-order valence-corrected chi connectivity index (χ1v) is 15.8. The highest BCUT2D eigenvalue weighted by molar-refractivity contribution is 6.17. The second-order valence-corrected chi connectivity index (χ2v) is 12.1. The number of nitrogens with zero attached hydrogens (tertiary/aromatic N) is 3. The predicted octanol–water partition coefficient (Wildman–Crippen LogP) is 7.63. The number of rotatable bonds is 9. The van der Waals surface area contributed by atoms with Gasteiger partial charge in [0.05, 0.1) is 0 Å². The molecule has 0 N–H and O–H groups in total. The third-order valence-corrected chi connectivity index (χ3v) is 9.29. The maximum Gasteiger partial charge on any atom is 0.253 e. The second-order valence-electron chi connectivity index (χ2n) is 11.7. The first kappa shape index (κ1) is 28.5. The first-order chi connectivity index (χ1) is 20.5. The number of halogens is 1. The lowest BCUT2D eigenvalue weighted by Gasteiger charge is -2.34. The van der Waals surface area contributed by atoms with Gasteiger partial charge in [0.15, 0.2) is 0 Å². The molecule has 2 heterocycles. The quantitative estimate of drug-likeness (QED) is 0.168. The molecule has 1 aliphatic rings. The summed E-state index contributed by atoms with van der Waals surface area (Å²) in [6, 6.07) is 30.3. The van der Waals surface area contributed by atoms with E-state index in [-0.39, 0.29) is 5.91 Å². The molecule has 0 spiro atoms. The number of hydrogen-bond acceptors (Lipinski definition) is 2. The van der Waals surface area contributed by atoms with E-state index in [9.17, 15) is 4.79 Å². The van der Waals surface area contributed by atoms with Crippen LogP contribution in [0.25, 0.3) is 21.7 Å². The minimum absolute atomic E-state index is 0.140. The summed E-state index contributed by atoms with van der Waals surface area (Å²) in [5, 5.41) is 3.91. The monoisotopic (exact) mass is 577 g/mol. The minimum Gasteiger partial charge on any atom is -0.345 e. The van der Waals surface area contributed by atoms with E-state index < -0.39 is 0 Å². The fraction of sp³-hybridized carbons (Fsp3) is 0.324. The smallest absolute Gasteiger partial charge is 0.253 e. The summed E-state index contributed by atoms with van der Waals surface area (Å²) in [5.41, 5.74) is 8.62. The van der Waals surface area contributed by atoms with Crippen LogP contribution in [0.1, 0.15) is 44.7 Å². The van der Waals surface area contributed by atoms with Crippen LogP contribution in [0, 0.1) is 13.8 Å². The van der Waals surface area contributed by atoms with Crippen molar-refractivity contribution < 1.29 is 4.79 Å². The molecule has 1 aliphatic heterocycles. The molecule has 1 amide bonds. The number of aromatic nitrogens is 1. The Labute approximate surface area is 254 Å². The molecular weight excluding hydrogens is 538 g/mol. The van der Waals surface area contributed by atoms with Crippen molar-refractivity contribution in [3.63, 3.8) is 0 Å². The molecule has 4 nitrogen and oxygen atoms in total. The summed E-state index contributed by atoms with van der Waals surface area (Å²) in [6.45, 7) is 9.80. The van der Waals surface area contributed by atoms with Crippen molar-refractivity contribution in [2.45, 2.75) is 39.7 Å². The number of carbonyl (C=O) groups is 1. The van der Waals surface area contributed by atoms with Crippen LogP contribution in [0.4, 0.5) is 0 Å². The largest absolute Gasteiger partial charge is 0.345 e. The molecule has 0 radical (unpaired) electrons. The molecule has 0 aliphatic carbocycles. The summed E-state index contributed by atoms with van der Waals surface area (Å²) < 4.78 is 2.39. The van der Waals surface area contributed by atoms with Gasteiger partial charge in [0.2, 0.25) is 0 Å². The molecule has 1 fully saturated rings. The Morgan fingerprint density at radius 3 is 2.24 bits per heavy atom. The van der Waals surface area contributed by atoms with Crippen LogP contribution in [0.2, 0.25) is 0 Å². The molecule has 42 heavy (non-hydrogen) atoms. The van der Waals surface area contributed by atoms with Gasteiger partial charge in [0, 0.05) is 67.3 Å². The molecule has 5 aromatic rings. The van der Waals surface area contributed by atoms with E-state index in [1.165, 1.54) is 49.6 Å². The topological polar surface area (TPSA) is 28.5 Å². The molecule has 0 bridgehead atoms. The molecule has 0 unspecified atom stereocenters. The molecule has 0 saturated carbocycles. The fourth-order valence-electron chi connectivity index (χ4n) is 6.35. The molecule has 1 aromatic heterocycles. The Bertz CT molecular complexity index is 1700. The normalized spacial score (nSPS) is 14.2. The first-order valence-electron chi connectivity index (χ1n) is 15.2. The van der Waals surface area contributed by atoms with Crippen LogP contribution in [-0.4, -0.2) is 58.9 Å². The zero-order valence-electron chi connectivity index (χ0n) is 24.8. The van der Waals surface area contributed by atoms with E-state index in [0.717, 1.165) is 64.1 Å². The third-order valence-electron chi connectivity index (χ3n) is 9.02. The molecule has 4 aromatic carbocycles. The Morgan fingerprint density at radius 2 is 1.48 bits per heavy atom. The predicted molar refractivity (Wildman–Crippen MR) is 176 cm³/mol. The van der Waals surface area contributed by atoms with Crippen LogP contribution in [0.5, 0.6) is 0 Å². The highest BCUT2D eigenvalue weighted by atomic mass is 35.5. The van der Waals surface area contributed by atoms with Gasteiger partial charge >= 0.3 is 0 Å². The van der Waals surface area contributed by atoms with Gasteiger partial charge in [0.25, 0.3) is 5.91 Å². The average molecular weight is 578 g/mol. The van der Waals surface area contributed by atoms with E-state index >= 15 is 0 Å². The van der Waals surface area contributed by atoms with Gasteiger partial charge in [-0.25, -0.2) is 0 Å². The number of fused-ring (bicyclic) bond motifs is 2. The van der Waals surface area contributed by atoms with Gasteiger partial charge in [0.1, 0.15) is 0 Å². The number of benzene rings is 4. The summed E-state index contributed by atoms with van der Waals surface area (Å²) in [5.74, 6) is 0.819.